The summed E-state index contributed by atoms with van der Waals surface area (Å²) in [4.78, 5) is 0. The van der Waals surface area contributed by atoms with Crippen LogP contribution < -0.4 is 15.4 Å². The molecule has 1 aromatic rings. The van der Waals surface area contributed by atoms with Crippen LogP contribution in [0.1, 0.15) is 20.3 Å². The third kappa shape index (κ3) is 4.06. The zero-order valence-corrected chi connectivity index (χ0v) is 10.7. The molecule has 0 aliphatic carbocycles. The second-order valence-electron chi connectivity index (χ2n) is 3.64. The van der Waals surface area contributed by atoms with Crippen LogP contribution in [-0.4, -0.2) is 18.3 Å². The number of nitrogens with one attached hydrogen (secondary N) is 2. The first-order valence-corrected chi connectivity index (χ1v) is 5.78. The molecule has 16 heavy (non-hydrogen) atoms. The summed E-state index contributed by atoms with van der Waals surface area (Å²) < 4.78 is 5.13. The molecule has 0 radical (unpaired) electrons. The summed E-state index contributed by atoms with van der Waals surface area (Å²) >= 11 is 5.20. The first-order chi connectivity index (χ1) is 7.65. The Morgan fingerprint density at radius 3 is 2.88 bits per heavy atom. The van der Waals surface area contributed by atoms with Crippen LogP contribution in [0.5, 0.6) is 5.75 Å². The van der Waals surface area contributed by atoms with Crippen LogP contribution in [0.15, 0.2) is 24.3 Å². The normalized spacial score (nSPS) is 11.7. The minimum absolute atomic E-state index is 0.380. The Bertz CT molecular complexity index is 355. The highest BCUT2D eigenvalue weighted by Gasteiger charge is 2.02. The fraction of sp³-hybridized carbons (Fsp3) is 0.417. The average Bonchev–Trinajstić information content (AvgIpc) is 2.28. The van der Waals surface area contributed by atoms with Crippen molar-refractivity contribution in [1.29, 1.82) is 0 Å². The lowest BCUT2D eigenvalue weighted by molar-refractivity contribution is 0.415. The van der Waals surface area contributed by atoms with Crippen molar-refractivity contribution in [3.8, 4) is 5.75 Å². The third-order valence-corrected chi connectivity index (χ3v) is 2.54. The van der Waals surface area contributed by atoms with Crippen molar-refractivity contribution in [3.63, 3.8) is 0 Å². The minimum Gasteiger partial charge on any atom is -0.497 e. The number of thiocarbonyl (C=S) groups is 1. The topological polar surface area (TPSA) is 33.3 Å². The van der Waals surface area contributed by atoms with Crippen molar-refractivity contribution in [1.82, 2.24) is 5.32 Å². The SMILES string of the molecule is CC[C@@H](C)NC(=S)Nc1cccc(OC)c1. The summed E-state index contributed by atoms with van der Waals surface area (Å²) in [6, 6.07) is 8.06. The molecule has 0 saturated heterocycles. The van der Waals surface area contributed by atoms with E-state index in [0.717, 1.165) is 17.9 Å². The van der Waals surface area contributed by atoms with Crippen LogP contribution in [0.2, 0.25) is 0 Å². The van der Waals surface area contributed by atoms with Gasteiger partial charge in [0.25, 0.3) is 0 Å². The summed E-state index contributed by atoms with van der Waals surface area (Å²) in [5, 5.41) is 6.96. The number of hydrogen-bond acceptors (Lipinski definition) is 2. The molecular formula is C12H18N2OS. The standard InChI is InChI=1S/C12H18N2OS/c1-4-9(2)13-12(16)14-10-6-5-7-11(8-10)15-3/h5-9H,4H2,1-3H3,(H2,13,14,16)/t9-/m1/s1. The lowest BCUT2D eigenvalue weighted by atomic mass is 10.3. The highest BCUT2D eigenvalue weighted by Crippen LogP contribution is 2.16. The van der Waals surface area contributed by atoms with Crippen molar-refractivity contribution >= 4 is 23.0 Å². The van der Waals surface area contributed by atoms with Gasteiger partial charge in [0.2, 0.25) is 0 Å². The van der Waals surface area contributed by atoms with Gasteiger partial charge in [-0.3, -0.25) is 0 Å². The van der Waals surface area contributed by atoms with Gasteiger partial charge in [-0.1, -0.05) is 13.0 Å². The molecule has 0 bridgehead atoms. The van der Waals surface area contributed by atoms with Crippen LogP contribution in [0.4, 0.5) is 5.69 Å². The molecular weight excluding hydrogens is 220 g/mol. The van der Waals surface area contributed by atoms with E-state index in [1.807, 2.05) is 24.3 Å². The Morgan fingerprint density at radius 1 is 1.50 bits per heavy atom. The molecule has 1 atom stereocenters. The van der Waals surface area contributed by atoms with Crippen molar-refractivity contribution in [2.24, 2.45) is 0 Å². The van der Waals surface area contributed by atoms with Gasteiger partial charge >= 0.3 is 0 Å². The molecule has 0 aliphatic heterocycles. The zero-order chi connectivity index (χ0) is 12.0. The van der Waals surface area contributed by atoms with Crippen LogP contribution in [0.25, 0.3) is 0 Å². The maximum Gasteiger partial charge on any atom is 0.170 e. The summed E-state index contributed by atoms with van der Waals surface area (Å²) in [6.45, 7) is 4.21. The number of methoxy groups -OCH3 is 1. The van der Waals surface area contributed by atoms with Gasteiger partial charge in [0.15, 0.2) is 5.11 Å². The molecule has 0 saturated carbocycles. The summed E-state index contributed by atoms with van der Waals surface area (Å²) in [6.07, 6.45) is 1.04. The van der Waals surface area contributed by atoms with Gasteiger partial charge in [0.1, 0.15) is 5.75 Å². The molecule has 0 aromatic heterocycles. The largest absolute Gasteiger partial charge is 0.497 e. The number of anilines is 1. The van der Waals surface area contributed by atoms with E-state index in [1.165, 1.54) is 0 Å². The van der Waals surface area contributed by atoms with Gasteiger partial charge in [-0.15, -0.1) is 0 Å². The molecule has 3 nitrogen and oxygen atoms in total. The predicted octanol–water partition coefficient (Wildman–Crippen LogP) is 2.78. The fourth-order valence-corrected chi connectivity index (χ4v) is 1.51. The molecule has 1 rings (SSSR count). The minimum atomic E-state index is 0.380. The first kappa shape index (κ1) is 12.8. The Kier molecular flexibility index (Phi) is 5.05. The smallest absolute Gasteiger partial charge is 0.170 e. The molecule has 1 aromatic carbocycles. The van der Waals surface area contributed by atoms with Crippen LogP contribution in [0, 0.1) is 0 Å². The van der Waals surface area contributed by atoms with Gasteiger partial charge in [0.05, 0.1) is 7.11 Å². The summed E-state index contributed by atoms with van der Waals surface area (Å²) in [7, 11) is 1.65. The molecule has 0 amide bonds. The van der Waals surface area contributed by atoms with E-state index < -0.39 is 0 Å². The van der Waals surface area contributed by atoms with Crippen molar-refractivity contribution < 1.29 is 4.74 Å². The lowest BCUT2D eigenvalue weighted by Gasteiger charge is -2.15. The monoisotopic (exact) mass is 238 g/mol. The molecule has 0 fully saturated rings. The van der Waals surface area contributed by atoms with E-state index >= 15 is 0 Å². The Hall–Kier alpha value is -1.29. The molecule has 0 spiro atoms. The number of ether oxygens (including phenoxy) is 1. The Balaban J connectivity index is 2.55. The number of rotatable bonds is 4. The van der Waals surface area contributed by atoms with E-state index in [1.54, 1.807) is 7.11 Å². The number of benzene rings is 1. The Labute approximate surface area is 102 Å². The molecule has 2 N–H and O–H groups in total. The average molecular weight is 238 g/mol. The number of hydrogen-bond donors (Lipinski definition) is 2. The highest BCUT2D eigenvalue weighted by atomic mass is 32.1. The van der Waals surface area contributed by atoms with E-state index in [-0.39, 0.29) is 0 Å². The van der Waals surface area contributed by atoms with Crippen LogP contribution in [0.3, 0.4) is 0 Å². The second-order valence-corrected chi connectivity index (χ2v) is 4.05. The zero-order valence-electron chi connectivity index (χ0n) is 9.91. The van der Waals surface area contributed by atoms with Gasteiger partial charge < -0.3 is 15.4 Å². The summed E-state index contributed by atoms with van der Waals surface area (Å²) in [5.41, 5.74) is 0.931. The van der Waals surface area contributed by atoms with Gasteiger partial charge in [-0.2, -0.15) is 0 Å². The van der Waals surface area contributed by atoms with Gasteiger partial charge in [-0.05, 0) is 37.7 Å². The molecule has 4 heteroatoms. The van der Waals surface area contributed by atoms with E-state index in [4.69, 9.17) is 17.0 Å². The van der Waals surface area contributed by atoms with E-state index in [9.17, 15) is 0 Å². The van der Waals surface area contributed by atoms with E-state index in [2.05, 4.69) is 24.5 Å². The van der Waals surface area contributed by atoms with Crippen LogP contribution >= 0.6 is 12.2 Å². The molecule has 0 aliphatic rings. The van der Waals surface area contributed by atoms with Crippen molar-refractivity contribution in [3.05, 3.63) is 24.3 Å². The molecule has 88 valence electrons. The maximum absolute atomic E-state index is 5.20. The highest BCUT2D eigenvalue weighted by molar-refractivity contribution is 7.80. The van der Waals surface area contributed by atoms with E-state index in [0.29, 0.717) is 11.2 Å². The van der Waals surface area contributed by atoms with Crippen LogP contribution in [-0.2, 0) is 0 Å². The molecule has 0 unspecified atom stereocenters. The first-order valence-electron chi connectivity index (χ1n) is 5.37. The third-order valence-electron chi connectivity index (χ3n) is 2.32. The quantitative estimate of drug-likeness (QED) is 0.790. The maximum atomic E-state index is 5.20. The van der Waals surface area contributed by atoms with Crippen molar-refractivity contribution in [2.45, 2.75) is 26.3 Å². The van der Waals surface area contributed by atoms with Gasteiger partial charge in [-0.25, -0.2) is 0 Å². The molecule has 0 heterocycles. The second kappa shape index (κ2) is 6.33. The Morgan fingerprint density at radius 2 is 2.25 bits per heavy atom. The predicted molar refractivity (Wildman–Crippen MR) is 72.1 cm³/mol. The lowest BCUT2D eigenvalue weighted by Crippen LogP contribution is -2.35. The van der Waals surface area contributed by atoms with Crippen molar-refractivity contribution in [2.75, 3.05) is 12.4 Å². The van der Waals surface area contributed by atoms with Gasteiger partial charge in [0, 0.05) is 17.8 Å². The summed E-state index contributed by atoms with van der Waals surface area (Å²) in [5.74, 6) is 0.816. The fourth-order valence-electron chi connectivity index (χ4n) is 1.19.